The molecule has 1 aliphatic heterocycles. The number of carbonyl (C=O) groups is 2. The highest BCUT2D eigenvalue weighted by molar-refractivity contribution is 7.89. The second kappa shape index (κ2) is 8.15. The quantitative estimate of drug-likeness (QED) is 0.648. The van der Waals surface area contributed by atoms with E-state index < -0.39 is 27.4 Å². The van der Waals surface area contributed by atoms with Crippen molar-refractivity contribution >= 4 is 21.9 Å². The van der Waals surface area contributed by atoms with E-state index in [-0.39, 0.29) is 42.6 Å². The average molecular weight is 384 g/mol. The number of benzene rings is 1. The standard InChI is InChI=1S/C17H24N2O6S/c1-3-12(2)19-26(23,24)14-6-4-13(5-7-14)15(20)18-17(16(21)22)8-10-25-11-9-17/h4-7,12,19H,3,8-11H2,1-2H3,(H,18,20)(H,21,22). The van der Waals surface area contributed by atoms with Gasteiger partial charge < -0.3 is 15.2 Å². The van der Waals surface area contributed by atoms with Gasteiger partial charge in [0.2, 0.25) is 10.0 Å². The third-order valence-corrected chi connectivity index (χ3v) is 6.11. The fraction of sp³-hybridized carbons (Fsp3) is 0.529. The predicted octanol–water partition coefficient (Wildman–Crippen LogP) is 1.13. The van der Waals surface area contributed by atoms with Crippen molar-refractivity contribution in [2.45, 2.75) is 49.6 Å². The van der Waals surface area contributed by atoms with Crippen LogP contribution in [0.15, 0.2) is 29.2 Å². The van der Waals surface area contributed by atoms with Gasteiger partial charge in [0.25, 0.3) is 5.91 Å². The molecule has 26 heavy (non-hydrogen) atoms. The smallest absolute Gasteiger partial charge is 0.329 e. The highest BCUT2D eigenvalue weighted by atomic mass is 32.2. The van der Waals surface area contributed by atoms with E-state index >= 15 is 0 Å². The first kappa shape index (κ1) is 20.3. The summed E-state index contributed by atoms with van der Waals surface area (Å²) in [7, 11) is -3.66. The van der Waals surface area contributed by atoms with Crippen LogP contribution in [-0.2, 0) is 19.6 Å². The molecule has 1 unspecified atom stereocenters. The van der Waals surface area contributed by atoms with Gasteiger partial charge in [0.05, 0.1) is 4.90 Å². The van der Waals surface area contributed by atoms with Crippen LogP contribution in [0.1, 0.15) is 43.5 Å². The molecule has 0 bridgehead atoms. The van der Waals surface area contributed by atoms with Crippen LogP contribution in [0.25, 0.3) is 0 Å². The van der Waals surface area contributed by atoms with Gasteiger partial charge in [0, 0.05) is 37.7 Å². The molecule has 1 aromatic rings. The molecule has 0 spiro atoms. The number of aliphatic carboxylic acids is 1. The van der Waals surface area contributed by atoms with Gasteiger partial charge in [0.15, 0.2) is 0 Å². The van der Waals surface area contributed by atoms with Gasteiger partial charge in [-0.05, 0) is 37.6 Å². The maximum absolute atomic E-state index is 12.4. The van der Waals surface area contributed by atoms with E-state index in [0.29, 0.717) is 6.42 Å². The summed E-state index contributed by atoms with van der Waals surface area (Å²) in [6.07, 6.45) is 1.01. The van der Waals surface area contributed by atoms with Gasteiger partial charge in [-0.3, -0.25) is 4.79 Å². The maximum Gasteiger partial charge on any atom is 0.329 e. The highest BCUT2D eigenvalue weighted by Gasteiger charge is 2.41. The lowest BCUT2D eigenvalue weighted by Gasteiger charge is -2.33. The minimum atomic E-state index is -3.66. The summed E-state index contributed by atoms with van der Waals surface area (Å²) in [5.74, 6) is -1.67. The van der Waals surface area contributed by atoms with Crippen LogP contribution < -0.4 is 10.0 Å². The Morgan fingerprint density at radius 1 is 1.23 bits per heavy atom. The summed E-state index contributed by atoms with van der Waals surface area (Å²) in [6.45, 7) is 4.14. The molecule has 0 saturated carbocycles. The third-order valence-electron chi connectivity index (χ3n) is 4.50. The second-order valence-corrected chi connectivity index (χ2v) is 8.12. The first-order valence-corrected chi connectivity index (χ1v) is 9.94. The van der Waals surface area contributed by atoms with Crippen LogP contribution in [0, 0.1) is 0 Å². The number of sulfonamides is 1. The number of hydrogen-bond donors (Lipinski definition) is 3. The predicted molar refractivity (Wildman–Crippen MR) is 94.4 cm³/mol. The van der Waals surface area contributed by atoms with Crippen molar-refractivity contribution in [1.82, 2.24) is 10.0 Å². The van der Waals surface area contributed by atoms with E-state index in [2.05, 4.69) is 10.0 Å². The van der Waals surface area contributed by atoms with Crippen molar-refractivity contribution in [2.75, 3.05) is 13.2 Å². The molecular weight excluding hydrogens is 360 g/mol. The number of ether oxygens (including phenoxy) is 1. The Kier molecular flexibility index (Phi) is 6.38. The van der Waals surface area contributed by atoms with Crippen LogP contribution in [0.3, 0.4) is 0 Å². The summed E-state index contributed by atoms with van der Waals surface area (Å²) >= 11 is 0. The van der Waals surface area contributed by atoms with Crippen LogP contribution in [0.5, 0.6) is 0 Å². The van der Waals surface area contributed by atoms with Crippen molar-refractivity contribution < 1.29 is 27.9 Å². The molecule has 1 atom stereocenters. The lowest BCUT2D eigenvalue weighted by Crippen LogP contribution is -2.57. The highest BCUT2D eigenvalue weighted by Crippen LogP contribution is 2.22. The van der Waals surface area contributed by atoms with Gasteiger partial charge in [-0.1, -0.05) is 6.92 Å². The SMILES string of the molecule is CCC(C)NS(=O)(=O)c1ccc(C(=O)NC2(C(=O)O)CCOCC2)cc1. The van der Waals surface area contributed by atoms with Crippen molar-refractivity contribution in [2.24, 2.45) is 0 Å². The minimum Gasteiger partial charge on any atom is -0.480 e. The average Bonchev–Trinajstić information content (AvgIpc) is 2.62. The molecule has 1 amide bonds. The Morgan fingerprint density at radius 2 is 1.81 bits per heavy atom. The molecule has 3 N–H and O–H groups in total. The number of carboxylic acids is 1. The van der Waals surface area contributed by atoms with Crippen LogP contribution in [0.2, 0.25) is 0 Å². The van der Waals surface area contributed by atoms with Crippen LogP contribution in [0.4, 0.5) is 0 Å². The zero-order chi connectivity index (χ0) is 19.4. The fourth-order valence-corrected chi connectivity index (χ4v) is 3.93. The van der Waals surface area contributed by atoms with Crippen molar-refractivity contribution in [3.8, 4) is 0 Å². The summed E-state index contributed by atoms with van der Waals surface area (Å²) in [5, 5.41) is 12.0. The maximum atomic E-state index is 12.4. The van der Waals surface area contributed by atoms with Gasteiger partial charge in [-0.15, -0.1) is 0 Å². The molecular formula is C17H24N2O6S. The number of carboxylic acid groups (broad SMARTS) is 1. The molecule has 1 saturated heterocycles. The molecule has 0 aliphatic carbocycles. The van der Waals surface area contributed by atoms with E-state index in [1.807, 2.05) is 6.92 Å². The number of rotatable bonds is 7. The Bertz CT molecular complexity index is 754. The lowest BCUT2D eigenvalue weighted by molar-refractivity contribution is -0.148. The van der Waals surface area contributed by atoms with E-state index in [1.165, 1.54) is 24.3 Å². The Labute approximate surface area is 153 Å². The largest absolute Gasteiger partial charge is 0.480 e. The first-order valence-electron chi connectivity index (χ1n) is 8.46. The van der Waals surface area contributed by atoms with E-state index in [4.69, 9.17) is 4.74 Å². The topological polar surface area (TPSA) is 122 Å². The Hall–Kier alpha value is -1.97. The third kappa shape index (κ3) is 4.60. The molecule has 1 aliphatic rings. The summed E-state index contributed by atoms with van der Waals surface area (Å²) in [6, 6.07) is 5.20. The zero-order valence-corrected chi connectivity index (χ0v) is 15.6. The zero-order valence-electron chi connectivity index (χ0n) is 14.8. The Balaban J connectivity index is 2.14. The number of nitrogens with one attached hydrogen (secondary N) is 2. The van der Waals surface area contributed by atoms with Gasteiger partial charge in [-0.25, -0.2) is 17.9 Å². The summed E-state index contributed by atoms with van der Waals surface area (Å²) < 4.78 is 32.2. The van der Waals surface area contributed by atoms with Crippen LogP contribution >= 0.6 is 0 Å². The van der Waals surface area contributed by atoms with Crippen molar-refractivity contribution in [1.29, 1.82) is 0 Å². The molecule has 8 nitrogen and oxygen atoms in total. The molecule has 144 valence electrons. The molecule has 0 aromatic heterocycles. The lowest BCUT2D eigenvalue weighted by atomic mass is 9.89. The van der Waals surface area contributed by atoms with Crippen LogP contribution in [-0.4, -0.2) is 50.2 Å². The Morgan fingerprint density at radius 3 is 2.31 bits per heavy atom. The monoisotopic (exact) mass is 384 g/mol. The van der Waals surface area contributed by atoms with E-state index in [1.54, 1.807) is 6.92 Å². The molecule has 2 rings (SSSR count). The first-order chi connectivity index (χ1) is 12.2. The van der Waals surface area contributed by atoms with Gasteiger partial charge in [-0.2, -0.15) is 0 Å². The number of hydrogen-bond acceptors (Lipinski definition) is 5. The molecule has 1 aromatic carbocycles. The normalized spacial score (nSPS) is 18.1. The summed E-state index contributed by atoms with van der Waals surface area (Å²) in [5.41, 5.74) is -1.17. The number of carbonyl (C=O) groups excluding carboxylic acids is 1. The van der Waals surface area contributed by atoms with Crippen molar-refractivity contribution in [3.05, 3.63) is 29.8 Å². The van der Waals surface area contributed by atoms with E-state index in [0.717, 1.165) is 0 Å². The van der Waals surface area contributed by atoms with E-state index in [9.17, 15) is 23.1 Å². The molecule has 9 heteroatoms. The molecule has 1 fully saturated rings. The van der Waals surface area contributed by atoms with Gasteiger partial charge in [0.1, 0.15) is 5.54 Å². The van der Waals surface area contributed by atoms with Gasteiger partial charge >= 0.3 is 5.97 Å². The fourth-order valence-electron chi connectivity index (χ4n) is 2.60. The molecule has 1 heterocycles. The molecule has 0 radical (unpaired) electrons. The second-order valence-electron chi connectivity index (χ2n) is 6.41. The van der Waals surface area contributed by atoms with Crippen molar-refractivity contribution in [3.63, 3.8) is 0 Å². The summed E-state index contributed by atoms with van der Waals surface area (Å²) in [4.78, 5) is 24.1. The number of amides is 1. The minimum absolute atomic E-state index is 0.0494.